The first-order chi connectivity index (χ1) is 20.2. The van der Waals surface area contributed by atoms with E-state index in [1.165, 1.54) is 30.0 Å². The third-order valence-electron chi connectivity index (χ3n) is 6.91. The molecule has 0 spiro atoms. The van der Waals surface area contributed by atoms with Gasteiger partial charge in [-0.05, 0) is 54.3 Å². The first-order valence-electron chi connectivity index (χ1n) is 13.4. The van der Waals surface area contributed by atoms with Crippen molar-refractivity contribution >= 4 is 15.8 Å². The van der Waals surface area contributed by atoms with E-state index in [1.54, 1.807) is 48.5 Å². The number of rotatable bonds is 10. The number of esters is 1. The number of sulfone groups is 1. The van der Waals surface area contributed by atoms with Crippen LogP contribution in [0.5, 0.6) is 5.88 Å². The summed E-state index contributed by atoms with van der Waals surface area (Å²) in [5.74, 6) is -1.21. The molecule has 0 aliphatic heterocycles. The van der Waals surface area contributed by atoms with Crippen LogP contribution in [0, 0.1) is 11.3 Å². The van der Waals surface area contributed by atoms with Gasteiger partial charge in [0.1, 0.15) is 5.82 Å². The van der Waals surface area contributed by atoms with Crippen LogP contribution in [0.3, 0.4) is 0 Å². The Labute approximate surface area is 243 Å². The molecule has 0 fully saturated rings. The zero-order chi connectivity index (χ0) is 30.4. The Hall–Kier alpha value is -4.82. The van der Waals surface area contributed by atoms with Gasteiger partial charge in [-0.2, -0.15) is 10.2 Å². The number of carbonyl (C=O) groups is 1. The van der Waals surface area contributed by atoms with E-state index >= 15 is 0 Å². The van der Waals surface area contributed by atoms with E-state index < -0.39 is 43.2 Å². The standard InChI is InChI=1S/C31H30N4O6S/c1-4-6-14-26-34-29(36)28(30(37)35(26)25(5-2)21-11-9-10-20(17-21)18-32)42(39,40)27-16-15-22(19-33-27)23-12-7-8-13-24(23)31(38)41-3/h7-13,15-17,19,25,36H,4-6,14H2,1-3H3/t25-/m0/s1. The van der Waals surface area contributed by atoms with Crippen LogP contribution in [0.4, 0.5) is 0 Å². The highest BCUT2D eigenvalue weighted by Gasteiger charge is 2.32. The molecule has 10 nitrogen and oxygen atoms in total. The molecule has 216 valence electrons. The van der Waals surface area contributed by atoms with Gasteiger partial charge in [0.05, 0.1) is 30.3 Å². The molecule has 0 aliphatic carbocycles. The Morgan fingerprint density at radius 3 is 2.52 bits per heavy atom. The second-order valence-electron chi connectivity index (χ2n) is 9.55. The summed E-state index contributed by atoms with van der Waals surface area (Å²) < 4.78 is 33.7. The van der Waals surface area contributed by atoms with Crippen molar-refractivity contribution in [2.45, 2.75) is 55.5 Å². The number of carbonyl (C=O) groups excluding carboxylic acids is 1. The van der Waals surface area contributed by atoms with Crippen LogP contribution in [0.2, 0.25) is 0 Å². The van der Waals surface area contributed by atoms with Crippen LogP contribution in [0.1, 0.15) is 66.5 Å². The average molecular weight is 587 g/mol. The molecule has 11 heteroatoms. The third kappa shape index (κ3) is 5.80. The SMILES string of the molecule is CCCCc1nc(O)c(S(=O)(=O)c2ccc(-c3ccccc3C(=O)OC)cn2)c(=O)n1[C@@H](CC)c1cccc(C#N)c1. The molecule has 0 aliphatic rings. The van der Waals surface area contributed by atoms with Gasteiger partial charge in [-0.3, -0.25) is 9.36 Å². The lowest BCUT2D eigenvalue weighted by atomic mass is 10.0. The van der Waals surface area contributed by atoms with Crippen LogP contribution in [0.25, 0.3) is 11.1 Å². The monoisotopic (exact) mass is 586 g/mol. The molecule has 2 heterocycles. The largest absolute Gasteiger partial charge is 0.492 e. The minimum atomic E-state index is -4.63. The summed E-state index contributed by atoms with van der Waals surface area (Å²) in [5, 5.41) is 19.8. The lowest BCUT2D eigenvalue weighted by Gasteiger charge is -2.23. The van der Waals surface area contributed by atoms with Gasteiger partial charge in [0.25, 0.3) is 5.56 Å². The first-order valence-corrected chi connectivity index (χ1v) is 14.9. The highest BCUT2D eigenvalue weighted by Crippen LogP contribution is 2.30. The number of pyridine rings is 1. The Morgan fingerprint density at radius 2 is 1.88 bits per heavy atom. The minimum Gasteiger partial charge on any atom is -0.492 e. The number of nitriles is 1. The van der Waals surface area contributed by atoms with Crippen LogP contribution in [-0.4, -0.2) is 41.1 Å². The number of aromatic nitrogens is 3. The quantitative estimate of drug-likeness (QED) is 0.257. The van der Waals surface area contributed by atoms with Crippen LogP contribution in [0.15, 0.2) is 81.6 Å². The predicted octanol–water partition coefficient (Wildman–Crippen LogP) is 4.84. The molecular weight excluding hydrogens is 556 g/mol. The molecule has 0 saturated heterocycles. The summed E-state index contributed by atoms with van der Waals surface area (Å²) in [7, 11) is -3.37. The molecule has 1 N–H and O–H groups in total. The van der Waals surface area contributed by atoms with Crippen LogP contribution < -0.4 is 5.56 Å². The highest BCUT2D eigenvalue weighted by atomic mass is 32.2. The van der Waals surface area contributed by atoms with Gasteiger partial charge < -0.3 is 9.84 Å². The molecule has 0 unspecified atom stereocenters. The third-order valence-corrected chi connectivity index (χ3v) is 8.59. The topological polar surface area (TPSA) is 152 Å². The Morgan fingerprint density at radius 1 is 1.12 bits per heavy atom. The molecule has 4 rings (SSSR count). The van der Waals surface area contributed by atoms with Crippen molar-refractivity contribution in [2.24, 2.45) is 0 Å². The number of benzene rings is 2. The average Bonchev–Trinajstić information content (AvgIpc) is 3.01. The smallest absolute Gasteiger partial charge is 0.338 e. The van der Waals surface area contributed by atoms with E-state index in [0.29, 0.717) is 41.5 Å². The normalized spacial score (nSPS) is 12.0. The van der Waals surface area contributed by atoms with Gasteiger partial charge >= 0.3 is 5.97 Å². The number of aryl methyl sites for hydroxylation is 1. The van der Waals surface area contributed by atoms with Gasteiger partial charge in [-0.25, -0.2) is 18.2 Å². The molecule has 1 atom stereocenters. The van der Waals surface area contributed by atoms with E-state index in [1.807, 2.05) is 13.8 Å². The molecule has 0 amide bonds. The molecule has 42 heavy (non-hydrogen) atoms. The lowest BCUT2D eigenvalue weighted by molar-refractivity contribution is 0.0601. The minimum absolute atomic E-state index is 0.246. The van der Waals surface area contributed by atoms with E-state index in [0.717, 1.165) is 6.42 Å². The number of unbranched alkanes of at least 4 members (excludes halogenated alkanes) is 1. The number of hydrogen-bond acceptors (Lipinski definition) is 9. The zero-order valence-corrected chi connectivity index (χ0v) is 24.3. The van der Waals surface area contributed by atoms with Gasteiger partial charge in [0.15, 0.2) is 5.03 Å². The van der Waals surface area contributed by atoms with Crippen LogP contribution >= 0.6 is 0 Å². The van der Waals surface area contributed by atoms with Crippen molar-refractivity contribution in [2.75, 3.05) is 7.11 Å². The molecule has 0 saturated carbocycles. The van der Waals surface area contributed by atoms with E-state index in [9.17, 15) is 28.4 Å². The van der Waals surface area contributed by atoms with Gasteiger partial charge in [0.2, 0.25) is 20.6 Å². The molecule has 0 radical (unpaired) electrons. The summed E-state index contributed by atoms with van der Waals surface area (Å²) in [5.41, 5.74) is 1.32. The summed E-state index contributed by atoms with van der Waals surface area (Å²) in [4.78, 5) is 33.6. The van der Waals surface area contributed by atoms with Crippen molar-refractivity contribution in [1.29, 1.82) is 5.26 Å². The van der Waals surface area contributed by atoms with Gasteiger partial charge in [-0.15, -0.1) is 0 Å². The lowest BCUT2D eigenvalue weighted by Crippen LogP contribution is -2.33. The number of nitrogens with zero attached hydrogens (tertiary/aromatic N) is 4. The van der Waals surface area contributed by atoms with Crippen LogP contribution in [-0.2, 0) is 21.0 Å². The van der Waals surface area contributed by atoms with Crippen molar-refractivity contribution < 1.29 is 23.1 Å². The first kappa shape index (κ1) is 30.1. The van der Waals surface area contributed by atoms with E-state index in [2.05, 4.69) is 16.0 Å². The Balaban J connectivity index is 1.86. The number of aromatic hydroxyl groups is 1. The van der Waals surface area contributed by atoms with E-state index in [4.69, 9.17) is 4.74 Å². The van der Waals surface area contributed by atoms with Crippen molar-refractivity contribution in [3.63, 3.8) is 0 Å². The van der Waals surface area contributed by atoms with Gasteiger partial charge in [-0.1, -0.05) is 50.6 Å². The van der Waals surface area contributed by atoms with Gasteiger partial charge in [0, 0.05) is 18.2 Å². The number of hydrogen-bond donors (Lipinski definition) is 1. The Bertz CT molecular complexity index is 1830. The maximum atomic E-state index is 14.0. The zero-order valence-electron chi connectivity index (χ0n) is 23.4. The molecule has 2 aromatic heterocycles. The van der Waals surface area contributed by atoms with Crippen molar-refractivity contribution in [3.05, 3.63) is 99.7 Å². The summed E-state index contributed by atoms with van der Waals surface area (Å²) >= 11 is 0. The second kappa shape index (κ2) is 12.8. The predicted molar refractivity (Wildman–Crippen MR) is 155 cm³/mol. The fourth-order valence-corrected chi connectivity index (χ4v) is 6.09. The summed E-state index contributed by atoms with van der Waals surface area (Å²) in [6.07, 6.45) is 3.44. The fourth-order valence-electron chi connectivity index (χ4n) is 4.83. The molecule has 2 aromatic carbocycles. The summed E-state index contributed by atoms with van der Waals surface area (Å²) in [6.45, 7) is 3.81. The van der Waals surface area contributed by atoms with Crippen molar-refractivity contribution in [1.82, 2.24) is 14.5 Å². The van der Waals surface area contributed by atoms with Crippen molar-refractivity contribution in [3.8, 4) is 23.1 Å². The molecule has 0 bridgehead atoms. The summed E-state index contributed by atoms with van der Waals surface area (Å²) in [6, 6.07) is 17.5. The maximum Gasteiger partial charge on any atom is 0.338 e. The molecule has 4 aromatic rings. The second-order valence-corrected chi connectivity index (χ2v) is 11.4. The fraction of sp³-hybridized carbons (Fsp3) is 0.258. The highest BCUT2D eigenvalue weighted by molar-refractivity contribution is 7.91. The molecular formula is C31H30N4O6S. The number of ether oxygens (including phenoxy) is 1. The Kier molecular flexibility index (Phi) is 9.18. The van der Waals surface area contributed by atoms with E-state index in [-0.39, 0.29) is 11.4 Å². The maximum absolute atomic E-state index is 14.0. The number of methoxy groups -OCH3 is 1.